The number of ether oxygens (including phenoxy) is 1. The van der Waals surface area contributed by atoms with Gasteiger partial charge >= 0.3 is 17.8 Å². The van der Waals surface area contributed by atoms with Crippen LogP contribution in [0.2, 0.25) is 0 Å². The summed E-state index contributed by atoms with van der Waals surface area (Å²) in [5.74, 6) is -2.22. The van der Waals surface area contributed by atoms with Crippen molar-refractivity contribution in [2.24, 2.45) is 0 Å². The van der Waals surface area contributed by atoms with Crippen LogP contribution in [0.3, 0.4) is 0 Å². The number of benzene rings is 1. The van der Waals surface area contributed by atoms with Crippen molar-refractivity contribution in [1.29, 1.82) is 0 Å². The van der Waals surface area contributed by atoms with E-state index in [0.717, 1.165) is 0 Å². The maximum atomic E-state index is 13.0. The Labute approximate surface area is 161 Å². The molecule has 0 aromatic heterocycles. The number of hydrogen-bond donors (Lipinski definition) is 0. The predicted molar refractivity (Wildman–Crippen MR) is 95.6 cm³/mol. The molecule has 1 aromatic rings. The molecule has 0 N–H and O–H groups in total. The molecule has 28 heavy (non-hydrogen) atoms. The molecule has 2 aliphatic rings. The van der Waals surface area contributed by atoms with Gasteiger partial charge in [-0.2, -0.15) is 0 Å². The van der Waals surface area contributed by atoms with Crippen molar-refractivity contribution in [3.05, 3.63) is 35.6 Å². The van der Waals surface area contributed by atoms with E-state index in [1.807, 2.05) is 0 Å². The van der Waals surface area contributed by atoms with E-state index < -0.39 is 17.6 Å². The van der Waals surface area contributed by atoms with Gasteiger partial charge in [0.2, 0.25) is 0 Å². The van der Waals surface area contributed by atoms with Crippen molar-refractivity contribution in [1.82, 2.24) is 14.7 Å². The fraction of sp³-hybridized carbons (Fsp3) is 0.474. The third kappa shape index (κ3) is 4.29. The zero-order valence-electron chi connectivity index (χ0n) is 15.6. The van der Waals surface area contributed by atoms with Crippen LogP contribution in [0, 0.1) is 5.82 Å². The minimum atomic E-state index is -0.623. The van der Waals surface area contributed by atoms with Crippen molar-refractivity contribution < 1.29 is 28.3 Å². The molecule has 0 aliphatic carbocycles. The molecule has 2 heterocycles. The van der Waals surface area contributed by atoms with E-state index in [-0.39, 0.29) is 50.6 Å². The normalized spacial score (nSPS) is 17.1. The summed E-state index contributed by atoms with van der Waals surface area (Å²) in [4.78, 5) is 52.6. The van der Waals surface area contributed by atoms with Crippen molar-refractivity contribution in [3.8, 4) is 0 Å². The van der Waals surface area contributed by atoms with Crippen LogP contribution >= 0.6 is 0 Å². The molecule has 3 amide bonds. The monoisotopic (exact) mass is 391 g/mol. The maximum Gasteiger partial charge on any atom is 0.312 e. The Morgan fingerprint density at radius 3 is 2.04 bits per heavy atom. The summed E-state index contributed by atoms with van der Waals surface area (Å²) in [6.45, 7) is 3.23. The summed E-state index contributed by atoms with van der Waals surface area (Å²) < 4.78 is 18.1. The average molecular weight is 391 g/mol. The number of halogens is 1. The van der Waals surface area contributed by atoms with Gasteiger partial charge in [-0.25, -0.2) is 4.39 Å². The van der Waals surface area contributed by atoms with Crippen LogP contribution in [0.1, 0.15) is 23.7 Å². The topological polar surface area (TPSA) is 87.2 Å². The standard InChI is InChI=1S/C19H22FN3O5/c1-2-16(24)28-15-11-23(12-15)19(27)18(26)22-9-7-21(8-10-22)17(25)13-3-5-14(20)6-4-13/h3-6,15H,2,7-12H2,1H3. The zero-order valence-corrected chi connectivity index (χ0v) is 15.6. The van der Waals surface area contributed by atoms with Crippen molar-refractivity contribution in [3.63, 3.8) is 0 Å². The van der Waals surface area contributed by atoms with Gasteiger partial charge in [-0.05, 0) is 24.3 Å². The average Bonchev–Trinajstić information content (AvgIpc) is 2.69. The molecule has 0 spiro atoms. The van der Waals surface area contributed by atoms with E-state index in [4.69, 9.17) is 4.74 Å². The van der Waals surface area contributed by atoms with Crippen molar-refractivity contribution in [2.45, 2.75) is 19.4 Å². The lowest BCUT2D eigenvalue weighted by Gasteiger charge is -2.40. The first-order valence-corrected chi connectivity index (χ1v) is 9.21. The van der Waals surface area contributed by atoms with Crippen molar-refractivity contribution in [2.75, 3.05) is 39.3 Å². The molecule has 2 fully saturated rings. The molecule has 0 unspecified atom stereocenters. The SMILES string of the molecule is CCC(=O)OC1CN(C(=O)C(=O)N2CCN(C(=O)c3ccc(F)cc3)CC2)C1. The highest BCUT2D eigenvalue weighted by molar-refractivity contribution is 6.35. The number of piperazine rings is 1. The maximum absolute atomic E-state index is 13.0. The second-order valence-corrected chi connectivity index (χ2v) is 6.77. The molecule has 9 heteroatoms. The molecule has 150 valence electrons. The largest absolute Gasteiger partial charge is 0.459 e. The third-order valence-corrected chi connectivity index (χ3v) is 4.85. The summed E-state index contributed by atoms with van der Waals surface area (Å²) in [6, 6.07) is 5.29. The van der Waals surface area contributed by atoms with E-state index in [0.29, 0.717) is 18.7 Å². The molecule has 1 aromatic carbocycles. The lowest BCUT2D eigenvalue weighted by atomic mass is 10.1. The molecule has 3 rings (SSSR count). The zero-order chi connectivity index (χ0) is 20.3. The molecule has 2 aliphatic heterocycles. The number of nitrogens with zero attached hydrogens (tertiary/aromatic N) is 3. The number of hydrogen-bond acceptors (Lipinski definition) is 5. The van der Waals surface area contributed by atoms with Crippen LogP contribution in [-0.2, 0) is 19.1 Å². The third-order valence-electron chi connectivity index (χ3n) is 4.85. The lowest BCUT2D eigenvalue weighted by Crippen LogP contribution is -2.60. The fourth-order valence-corrected chi connectivity index (χ4v) is 3.11. The van der Waals surface area contributed by atoms with Gasteiger partial charge < -0.3 is 19.4 Å². The Kier molecular flexibility index (Phi) is 5.91. The molecule has 0 atom stereocenters. The van der Waals surface area contributed by atoms with Gasteiger partial charge in [-0.3, -0.25) is 19.2 Å². The number of likely N-dealkylation sites (tertiary alicyclic amines) is 1. The molecule has 0 saturated carbocycles. The van der Waals surface area contributed by atoms with Crippen LogP contribution < -0.4 is 0 Å². The second kappa shape index (κ2) is 8.37. The van der Waals surface area contributed by atoms with Gasteiger partial charge in [0.25, 0.3) is 5.91 Å². The van der Waals surface area contributed by atoms with Gasteiger partial charge in [0.15, 0.2) is 0 Å². The van der Waals surface area contributed by atoms with Crippen LogP contribution in [-0.4, -0.2) is 83.8 Å². The molecule has 0 bridgehead atoms. The highest BCUT2D eigenvalue weighted by Gasteiger charge is 2.38. The summed E-state index contributed by atoms with van der Waals surface area (Å²) in [5.41, 5.74) is 0.380. The Morgan fingerprint density at radius 1 is 0.929 bits per heavy atom. The minimum absolute atomic E-state index is 0.222. The van der Waals surface area contributed by atoms with Gasteiger partial charge in [0.05, 0.1) is 13.1 Å². The molecule has 8 nitrogen and oxygen atoms in total. The highest BCUT2D eigenvalue weighted by atomic mass is 19.1. The Balaban J connectivity index is 1.46. The Morgan fingerprint density at radius 2 is 1.46 bits per heavy atom. The number of amides is 3. The first kappa shape index (κ1) is 19.8. The van der Waals surface area contributed by atoms with E-state index in [9.17, 15) is 23.6 Å². The number of esters is 1. The predicted octanol–water partition coefficient (Wildman–Crippen LogP) is 0.274. The number of carbonyl (C=O) groups is 4. The van der Waals surface area contributed by atoms with E-state index >= 15 is 0 Å². The van der Waals surface area contributed by atoms with Gasteiger partial charge in [-0.15, -0.1) is 0 Å². The second-order valence-electron chi connectivity index (χ2n) is 6.77. The Hall–Kier alpha value is -2.97. The fourth-order valence-electron chi connectivity index (χ4n) is 3.11. The first-order valence-electron chi connectivity index (χ1n) is 9.21. The smallest absolute Gasteiger partial charge is 0.312 e. The summed E-state index contributed by atoms with van der Waals surface area (Å²) >= 11 is 0. The van der Waals surface area contributed by atoms with Crippen LogP contribution in [0.25, 0.3) is 0 Å². The first-order chi connectivity index (χ1) is 13.4. The van der Waals surface area contributed by atoms with E-state index in [1.165, 1.54) is 34.1 Å². The van der Waals surface area contributed by atoms with Crippen LogP contribution in [0.5, 0.6) is 0 Å². The molecule has 2 saturated heterocycles. The molecular weight excluding hydrogens is 369 g/mol. The quantitative estimate of drug-likeness (QED) is 0.545. The summed E-state index contributed by atoms with van der Waals surface area (Å²) in [6.07, 6.45) is -0.0843. The minimum Gasteiger partial charge on any atom is -0.459 e. The van der Waals surface area contributed by atoms with E-state index in [1.54, 1.807) is 11.8 Å². The van der Waals surface area contributed by atoms with Crippen LogP contribution in [0.4, 0.5) is 4.39 Å². The van der Waals surface area contributed by atoms with E-state index in [2.05, 4.69) is 0 Å². The number of rotatable bonds is 3. The van der Waals surface area contributed by atoms with Crippen molar-refractivity contribution >= 4 is 23.7 Å². The summed E-state index contributed by atoms with van der Waals surface area (Å²) in [7, 11) is 0. The molecule has 0 radical (unpaired) electrons. The van der Waals surface area contributed by atoms with Gasteiger partial charge in [-0.1, -0.05) is 6.92 Å². The number of carbonyl (C=O) groups excluding carboxylic acids is 4. The van der Waals surface area contributed by atoms with Gasteiger partial charge in [0, 0.05) is 38.2 Å². The molecular formula is C19H22FN3O5. The van der Waals surface area contributed by atoms with Gasteiger partial charge in [0.1, 0.15) is 11.9 Å². The summed E-state index contributed by atoms with van der Waals surface area (Å²) in [5, 5.41) is 0. The highest BCUT2D eigenvalue weighted by Crippen LogP contribution is 2.15. The Bertz CT molecular complexity index is 768. The van der Waals surface area contributed by atoms with Crippen LogP contribution in [0.15, 0.2) is 24.3 Å². The lowest BCUT2D eigenvalue weighted by molar-refractivity contribution is -0.167.